The molecular formula is C24H23N5O2. The third-order valence-electron chi connectivity index (χ3n) is 5.60. The molecule has 2 aromatic carbocycles. The van der Waals surface area contributed by atoms with E-state index in [1.807, 2.05) is 42.6 Å². The van der Waals surface area contributed by atoms with E-state index in [-0.39, 0.29) is 6.03 Å². The molecule has 1 aliphatic heterocycles. The average Bonchev–Trinajstić information content (AvgIpc) is 3.39. The molecule has 0 saturated carbocycles. The van der Waals surface area contributed by atoms with Crippen molar-refractivity contribution < 1.29 is 9.53 Å². The van der Waals surface area contributed by atoms with Crippen molar-refractivity contribution in [3.63, 3.8) is 0 Å². The fourth-order valence-electron chi connectivity index (χ4n) is 4.12. The zero-order valence-corrected chi connectivity index (χ0v) is 17.2. The minimum atomic E-state index is -0.275. The van der Waals surface area contributed by atoms with Gasteiger partial charge in [-0.15, -0.1) is 0 Å². The molecule has 1 aliphatic rings. The third-order valence-corrected chi connectivity index (χ3v) is 5.60. The Morgan fingerprint density at radius 1 is 1.16 bits per heavy atom. The lowest BCUT2D eigenvalue weighted by Gasteiger charge is -2.19. The topological polar surface area (TPSA) is 82.3 Å². The molecule has 7 nitrogen and oxygen atoms in total. The quantitative estimate of drug-likeness (QED) is 0.440. The first-order valence-electron chi connectivity index (χ1n) is 10.2. The number of rotatable bonds is 5. The summed E-state index contributed by atoms with van der Waals surface area (Å²) >= 11 is 0. The lowest BCUT2D eigenvalue weighted by Crippen LogP contribution is -2.20. The van der Waals surface area contributed by atoms with E-state index in [1.165, 1.54) is 5.56 Å². The molecule has 0 radical (unpaired) electrons. The normalized spacial score (nSPS) is 12.6. The largest absolute Gasteiger partial charge is 0.497 e. The Labute approximate surface area is 180 Å². The van der Waals surface area contributed by atoms with Gasteiger partial charge >= 0.3 is 6.03 Å². The van der Waals surface area contributed by atoms with Gasteiger partial charge in [0.05, 0.1) is 7.11 Å². The monoisotopic (exact) mass is 413 g/mol. The Balaban J connectivity index is 1.32. The van der Waals surface area contributed by atoms with Crippen LogP contribution < -0.4 is 20.3 Å². The third kappa shape index (κ3) is 3.77. The number of aromatic nitrogens is 2. The number of hydrogen-bond donors (Lipinski definition) is 3. The number of pyridine rings is 1. The molecule has 3 N–H and O–H groups in total. The van der Waals surface area contributed by atoms with E-state index in [4.69, 9.17) is 4.74 Å². The number of nitrogens with zero attached hydrogens (tertiary/aromatic N) is 2. The Kier molecular flexibility index (Phi) is 4.92. The van der Waals surface area contributed by atoms with Crippen LogP contribution in [0.1, 0.15) is 11.1 Å². The van der Waals surface area contributed by atoms with Crippen molar-refractivity contribution in [3.8, 4) is 5.75 Å². The van der Waals surface area contributed by atoms with Gasteiger partial charge < -0.3 is 25.3 Å². The van der Waals surface area contributed by atoms with Crippen LogP contribution in [-0.4, -0.2) is 29.7 Å². The molecule has 3 heterocycles. The summed E-state index contributed by atoms with van der Waals surface area (Å²) in [7, 11) is 1.60. The molecule has 0 saturated heterocycles. The zero-order valence-electron chi connectivity index (χ0n) is 17.2. The van der Waals surface area contributed by atoms with E-state index in [2.05, 4.69) is 37.6 Å². The van der Waals surface area contributed by atoms with Crippen LogP contribution >= 0.6 is 0 Å². The molecule has 2 aromatic heterocycles. The number of anilines is 3. The summed E-state index contributed by atoms with van der Waals surface area (Å²) in [6.45, 7) is 1.69. The standard InChI is InChI=1S/C24H23N5O2/c1-31-18-6-2-5-17(13-18)27-24(30)28-21-8-3-9-22-20(21)10-12-29(22)15-16-14-26-23-19(16)7-4-11-25-23/h2-9,11,13-14H,10,12,15H2,1H3,(H,25,26)(H2,27,28,30). The zero-order chi connectivity index (χ0) is 21.2. The highest BCUT2D eigenvalue weighted by Gasteiger charge is 2.23. The van der Waals surface area contributed by atoms with Crippen LogP contribution in [0.15, 0.2) is 67.0 Å². The highest BCUT2D eigenvalue weighted by Crippen LogP contribution is 2.35. The first-order valence-corrected chi connectivity index (χ1v) is 10.2. The van der Waals surface area contributed by atoms with Crippen molar-refractivity contribution in [1.29, 1.82) is 0 Å². The molecule has 0 spiro atoms. The van der Waals surface area contributed by atoms with Crippen molar-refractivity contribution in [2.75, 3.05) is 29.2 Å². The van der Waals surface area contributed by atoms with Gasteiger partial charge in [0.25, 0.3) is 0 Å². The second-order valence-electron chi connectivity index (χ2n) is 7.50. The van der Waals surface area contributed by atoms with Gasteiger partial charge in [-0.25, -0.2) is 9.78 Å². The molecule has 0 aliphatic carbocycles. The fourth-order valence-corrected chi connectivity index (χ4v) is 4.12. The SMILES string of the molecule is COc1cccc(NC(=O)Nc2cccc3c2CCN3Cc2c[nH]c3ncccc23)c1. The highest BCUT2D eigenvalue weighted by molar-refractivity contribution is 6.01. The summed E-state index contributed by atoms with van der Waals surface area (Å²) < 4.78 is 5.21. The average molecular weight is 413 g/mol. The van der Waals surface area contributed by atoms with Crippen LogP contribution in [0.5, 0.6) is 5.75 Å². The number of ether oxygens (including phenoxy) is 1. The van der Waals surface area contributed by atoms with Crippen LogP contribution in [0.3, 0.4) is 0 Å². The van der Waals surface area contributed by atoms with Gasteiger partial charge in [0.15, 0.2) is 0 Å². The van der Waals surface area contributed by atoms with Gasteiger partial charge in [0, 0.05) is 59.6 Å². The van der Waals surface area contributed by atoms with Gasteiger partial charge in [0.2, 0.25) is 0 Å². The number of fused-ring (bicyclic) bond motifs is 2. The Hall–Kier alpha value is -4.00. The number of carbonyl (C=O) groups excluding carboxylic acids is 1. The lowest BCUT2D eigenvalue weighted by atomic mass is 10.1. The molecule has 156 valence electrons. The predicted octanol–water partition coefficient (Wildman–Crippen LogP) is 4.78. The maximum Gasteiger partial charge on any atom is 0.323 e. The number of nitrogens with one attached hydrogen (secondary N) is 3. The summed E-state index contributed by atoms with van der Waals surface area (Å²) in [6, 6.07) is 17.1. The molecule has 0 atom stereocenters. The minimum absolute atomic E-state index is 0.275. The maximum atomic E-state index is 12.6. The second-order valence-corrected chi connectivity index (χ2v) is 7.50. The van der Waals surface area contributed by atoms with Crippen LogP contribution in [-0.2, 0) is 13.0 Å². The molecule has 7 heteroatoms. The van der Waals surface area contributed by atoms with E-state index in [0.717, 1.165) is 47.5 Å². The first-order chi connectivity index (χ1) is 15.2. The number of hydrogen-bond acceptors (Lipinski definition) is 4. The van der Waals surface area contributed by atoms with E-state index >= 15 is 0 Å². The Morgan fingerprint density at radius 2 is 2.06 bits per heavy atom. The molecule has 31 heavy (non-hydrogen) atoms. The number of urea groups is 1. The van der Waals surface area contributed by atoms with Crippen molar-refractivity contribution in [2.24, 2.45) is 0 Å². The van der Waals surface area contributed by atoms with Crippen LogP contribution in [0.25, 0.3) is 11.0 Å². The molecule has 0 bridgehead atoms. The highest BCUT2D eigenvalue weighted by atomic mass is 16.5. The van der Waals surface area contributed by atoms with Gasteiger partial charge in [0.1, 0.15) is 11.4 Å². The maximum absolute atomic E-state index is 12.6. The molecular weight excluding hydrogens is 390 g/mol. The second kappa shape index (κ2) is 8.02. The number of aromatic amines is 1. The van der Waals surface area contributed by atoms with Crippen molar-refractivity contribution in [3.05, 3.63) is 78.1 Å². The summed E-state index contributed by atoms with van der Waals surface area (Å²) in [4.78, 5) is 22.5. The van der Waals surface area contributed by atoms with Gasteiger partial charge in [-0.1, -0.05) is 12.1 Å². The first kappa shape index (κ1) is 19.0. The molecule has 2 amide bonds. The molecule has 0 unspecified atom stereocenters. The van der Waals surface area contributed by atoms with Crippen molar-refractivity contribution in [2.45, 2.75) is 13.0 Å². The summed E-state index contributed by atoms with van der Waals surface area (Å²) in [5.41, 5.74) is 5.94. The van der Waals surface area contributed by atoms with Crippen LogP contribution in [0.4, 0.5) is 21.9 Å². The van der Waals surface area contributed by atoms with Crippen molar-refractivity contribution >= 4 is 34.1 Å². The van der Waals surface area contributed by atoms with E-state index < -0.39 is 0 Å². The van der Waals surface area contributed by atoms with Gasteiger partial charge in [-0.05, 0) is 48.4 Å². The number of H-pyrrole nitrogens is 1. The summed E-state index contributed by atoms with van der Waals surface area (Å²) in [5.74, 6) is 0.696. The van der Waals surface area contributed by atoms with Crippen molar-refractivity contribution in [1.82, 2.24) is 9.97 Å². The molecule has 4 aromatic rings. The number of carbonyl (C=O) groups is 1. The van der Waals surface area contributed by atoms with E-state index in [9.17, 15) is 4.79 Å². The number of benzene rings is 2. The summed E-state index contributed by atoms with van der Waals surface area (Å²) in [5, 5.41) is 7.01. The molecule has 5 rings (SSSR count). The van der Waals surface area contributed by atoms with E-state index in [0.29, 0.717) is 11.4 Å². The number of amides is 2. The smallest absolute Gasteiger partial charge is 0.323 e. The Morgan fingerprint density at radius 3 is 2.97 bits per heavy atom. The van der Waals surface area contributed by atoms with Crippen LogP contribution in [0.2, 0.25) is 0 Å². The predicted molar refractivity (Wildman–Crippen MR) is 123 cm³/mol. The number of methoxy groups -OCH3 is 1. The van der Waals surface area contributed by atoms with Gasteiger partial charge in [-0.2, -0.15) is 0 Å². The lowest BCUT2D eigenvalue weighted by molar-refractivity contribution is 0.262. The minimum Gasteiger partial charge on any atom is -0.497 e. The summed E-state index contributed by atoms with van der Waals surface area (Å²) in [6.07, 6.45) is 4.70. The fraction of sp³-hybridized carbons (Fsp3) is 0.167. The molecule has 0 fully saturated rings. The van der Waals surface area contributed by atoms with Crippen LogP contribution in [0, 0.1) is 0 Å². The van der Waals surface area contributed by atoms with E-state index in [1.54, 1.807) is 19.4 Å². The Bertz CT molecular complexity index is 1250. The van der Waals surface area contributed by atoms with Gasteiger partial charge in [-0.3, -0.25) is 0 Å².